The number of carbonyl (C=O) groups excluding carboxylic acids is 2. The number of nitrogens with zero attached hydrogens (tertiary/aromatic N) is 1. The molecule has 1 heterocycles. The van der Waals surface area contributed by atoms with E-state index in [4.69, 9.17) is 4.18 Å². The molecule has 32 heavy (non-hydrogen) atoms. The molecule has 2 amide bonds. The fourth-order valence-corrected chi connectivity index (χ4v) is 5.19. The van der Waals surface area contributed by atoms with Crippen molar-refractivity contribution in [3.05, 3.63) is 99.4 Å². The maximum absolute atomic E-state index is 12.9. The Morgan fingerprint density at radius 2 is 1.59 bits per heavy atom. The molecule has 3 aromatic rings. The van der Waals surface area contributed by atoms with Crippen LogP contribution in [0.4, 0.5) is 4.79 Å². The second-order valence-electron chi connectivity index (χ2n) is 6.79. The molecule has 0 saturated carbocycles. The van der Waals surface area contributed by atoms with Crippen LogP contribution in [-0.4, -0.2) is 24.5 Å². The highest BCUT2D eigenvalue weighted by Gasteiger charge is 2.35. The molecule has 4 rings (SSSR count). The number of rotatable bonds is 6. The van der Waals surface area contributed by atoms with E-state index in [9.17, 15) is 18.0 Å². The Kier molecular flexibility index (Phi) is 6.50. The molecule has 0 bridgehead atoms. The summed E-state index contributed by atoms with van der Waals surface area (Å²) in [7, 11) is -4.07. The molecule has 1 aliphatic rings. The lowest BCUT2D eigenvalue weighted by atomic mass is 10.2. The molecule has 3 aromatic carbocycles. The van der Waals surface area contributed by atoms with Crippen molar-refractivity contribution in [1.29, 1.82) is 0 Å². The number of hydrogen-bond donors (Lipinski definition) is 0. The number of thioether (sulfide) groups is 1. The molecule has 6 nitrogen and oxygen atoms in total. The molecule has 9 heteroatoms. The van der Waals surface area contributed by atoms with E-state index in [-0.39, 0.29) is 27.3 Å². The van der Waals surface area contributed by atoms with Crippen LogP contribution >= 0.6 is 27.7 Å². The van der Waals surface area contributed by atoms with Gasteiger partial charge in [0.1, 0.15) is 10.6 Å². The summed E-state index contributed by atoms with van der Waals surface area (Å²) in [6, 6.07) is 21.7. The van der Waals surface area contributed by atoms with Crippen LogP contribution in [0.1, 0.15) is 11.1 Å². The zero-order valence-electron chi connectivity index (χ0n) is 16.5. The second-order valence-corrected chi connectivity index (χ2v) is 10.2. The van der Waals surface area contributed by atoms with Gasteiger partial charge in [0.05, 0.1) is 11.4 Å². The highest BCUT2D eigenvalue weighted by molar-refractivity contribution is 9.10. The summed E-state index contributed by atoms with van der Waals surface area (Å²) in [4.78, 5) is 26.7. The highest BCUT2D eigenvalue weighted by Crippen LogP contribution is 2.36. The minimum atomic E-state index is -4.07. The third-order valence-electron chi connectivity index (χ3n) is 4.55. The maximum atomic E-state index is 12.9. The summed E-state index contributed by atoms with van der Waals surface area (Å²) in [5.41, 5.74) is 1.18. The van der Waals surface area contributed by atoms with E-state index in [0.29, 0.717) is 10.0 Å². The monoisotopic (exact) mass is 529 g/mol. The molecule has 162 valence electrons. The van der Waals surface area contributed by atoms with Gasteiger partial charge in [0, 0.05) is 10.0 Å². The van der Waals surface area contributed by atoms with E-state index in [2.05, 4.69) is 15.9 Å². The fraction of sp³-hybridized carbons (Fsp3) is 0.0435. The van der Waals surface area contributed by atoms with E-state index >= 15 is 0 Å². The van der Waals surface area contributed by atoms with Crippen molar-refractivity contribution in [1.82, 2.24) is 4.90 Å². The summed E-state index contributed by atoms with van der Waals surface area (Å²) < 4.78 is 31.3. The van der Waals surface area contributed by atoms with Crippen LogP contribution in [0.25, 0.3) is 6.08 Å². The molecule has 0 atom stereocenters. The molecule has 1 aliphatic heterocycles. The van der Waals surface area contributed by atoms with Crippen molar-refractivity contribution in [2.45, 2.75) is 11.4 Å². The number of benzene rings is 3. The van der Waals surface area contributed by atoms with Gasteiger partial charge in [0.25, 0.3) is 11.1 Å². The third kappa shape index (κ3) is 4.95. The Bertz CT molecular complexity index is 1310. The van der Waals surface area contributed by atoms with Crippen molar-refractivity contribution in [2.75, 3.05) is 0 Å². The molecule has 0 N–H and O–H groups in total. The summed E-state index contributed by atoms with van der Waals surface area (Å²) in [6.45, 7) is 0.160. The van der Waals surface area contributed by atoms with Crippen molar-refractivity contribution >= 4 is 55.0 Å². The Labute approximate surface area is 198 Å². The Balaban J connectivity index is 1.63. The average molecular weight is 530 g/mol. The van der Waals surface area contributed by atoms with Crippen LogP contribution in [0.3, 0.4) is 0 Å². The first-order valence-corrected chi connectivity index (χ1v) is 12.4. The predicted octanol–water partition coefficient (Wildman–Crippen LogP) is 5.45. The first-order chi connectivity index (χ1) is 15.3. The van der Waals surface area contributed by atoms with Gasteiger partial charge in [-0.15, -0.1) is 0 Å². The lowest BCUT2D eigenvalue weighted by Crippen LogP contribution is -2.27. The SMILES string of the molecule is O=C1S/C(=C\c2cc(Br)ccc2OS(=O)(=O)c2ccccc2)C(=O)N1Cc1ccccc1. The zero-order valence-corrected chi connectivity index (χ0v) is 19.7. The fourth-order valence-electron chi connectivity index (χ4n) is 3.00. The van der Waals surface area contributed by atoms with Crippen molar-refractivity contribution in [3.63, 3.8) is 0 Å². The van der Waals surface area contributed by atoms with Crippen LogP contribution in [0.2, 0.25) is 0 Å². The molecule has 0 aliphatic carbocycles. The Hall–Kier alpha value is -2.88. The largest absolute Gasteiger partial charge is 0.378 e. The van der Waals surface area contributed by atoms with Gasteiger partial charge in [-0.2, -0.15) is 8.42 Å². The molecule has 0 radical (unpaired) electrons. The topological polar surface area (TPSA) is 80.8 Å². The van der Waals surface area contributed by atoms with Crippen molar-refractivity contribution in [2.24, 2.45) is 0 Å². The summed E-state index contributed by atoms with van der Waals surface area (Å²) >= 11 is 4.15. The molecule has 1 fully saturated rings. The van der Waals surface area contributed by atoms with Gasteiger partial charge in [-0.05, 0) is 53.7 Å². The molecule has 0 spiro atoms. The lowest BCUT2D eigenvalue weighted by Gasteiger charge is -2.12. The summed E-state index contributed by atoms with van der Waals surface area (Å²) in [6.07, 6.45) is 1.47. The van der Waals surface area contributed by atoms with Crippen LogP contribution in [-0.2, 0) is 21.5 Å². The minimum Gasteiger partial charge on any atom is -0.378 e. The maximum Gasteiger partial charge on any atom is 0.339 e. The lowest BCUT2D eigenvalue weighted by molar-refractivity contribution is -0.123. The third-order valence-corrected chi connectivity index (χ3v) is 7.20. The smallest absolute Gasteiger partial charge is 0.339 e. The molecule has 0 unspecified atom stereocenters. The van der Waals surface area contributed by atoms with Gasteiger partial charge in [-0.1, -0.05) is 64.5 Å². The van der Waals surface area contributed by atoms with E-state index < -0.39 is 16.0 Å². The van der Waals surface area contributed by atoms with Gasteiger partial charge < -0.3 is 4.18 Å². The highest BCUT2D eigenvalue weighted by atomic mass is 79.9. The number of amides is 2. The molecule has 1 saturated heterocycles. The van der Waals surface area contributed by atoms with Gasteiger partial charge in [-0.25, -0.2) is 0 Å². The average Bonchev–Trinajstić information content (AvgIpc) is 3.04. The minimum absolute atomic E-state index is 0.0112. The van der Waals surface area contributed by atoms with E-state index in [1.54, 1.807) is 30.3 Å². The number of carbonyl (C=O) groups is 2. The number of hydrogen-bond acceptors (Lipinski definition) is 6. The molecule has 0 aromatic heterocycles. The second kappa shape index (κ2) is 9.32. The quantitative estimate of drug-likeness (QED) is 0.311. The van der Waals surface area contributed by atoms with Crippen LogP contribution in [0.5, 0.6) is 5.75 Å². The number of halogens is 1. The van der Waals surface area contributed by atoms with Crippen LogP contribution < -0.4 is 4.18 Å². The number of imide groups is 1. The predicted molar refractivity (Wildman–Crippen MR) is 126 cm³/mol. The Morgan fingerprint density at radius 1 is 0.938 bits per heavy atom. The standard InChI is InChI=1S/C23H16BrNO5S2/c24-18-11-12-20(30-32(28,29)19-9-5-2-6-10-19)17(13-18)14-21-22(26)25(23(27)31-21)15-16-7-3-1-4-8-16/h1-14H,15H2/b21-14-. The van der Waals surface area contributed by atoms with Gasteiger partial charge in [0.2, 0.25) is 0 Å². The molecular formula is C23H16BrNO5S2. The van der Waals surface area contributed by atoms with Gasteiger partial charge in [-0.3, -0.25) is 14.5 Å². The molecular weight excluding hydrogens is 514 g/mol. The summed E-state index contributed by atoms with van der Waals surface area (Å²) in [5, 5.41) is -0.389. The van der Waals surface area contributed by atoms with Crippen LogP contribution in [0, 0.1) is 0 Å². The zero-order chi connectivity index (χ0) is 22.7. The van der Waals surface area contributed by atoms with Crippen LogP contribution in [0.15, 0.2) is 93.1 Å². The van der Waals surface area contributed by atoms with Gasteiger partial charge in [0.15, 0.2) is 0 Å². The van der Waals surface area contributed by atoms with Gasteiger partial charge >= 0.3 is 10.1 Å². The first-order valence-electron chi connectivity index (χ1n) is 9.42. The van der Waals surface area contributed by atoms with E-state index in [1.165, 1.54) is 24.3 Å². The summed E-state index contributed by atoms with van der Waals surface area (Å²) in [5.74, 6) is -0.396. The van der Waals surface area contributed by atoms with Crippen molar-refractivity contribution in [3.8, 4) is 5.75 Å². The Morgan fingerprint density at radius 3 is 2.28 bits per heavy atom. The first kappa shape index (κ1) is 22.3. The van der Waals surface area contributed by atoms with Crippen molar-refractivity contribution < 1.29 is 22.2 Å². The van der Waals surface area contributed by atoms with E-state index in [1.807, 2.05) is 30.3 Å². The van der Waals surface area contributed by atoms with E-state index in [0.717, 1.165) is 22.2 Å². The normalized spacial score (nSPS) is 15.4.